The van der Waals surface area contributed by atoms with Crippen molar-refractivity contribution in [3.63, 3.8) is 0 Å². The highest BCUT2D eigenvalue weighted by Gasteiger charge is 2.09. The predicted octanol–water partition coefficient (Wildman–Crippen LogP) is 2.19. The van der Waals surface area contributed by atoms with Crippen LogP contribution in [0.5, 0.6) is 5.75 Å². The summed E-state index contributed by atoms with van der Waals surface area (Å²) in [5.41, 5.74) is 0.856. The topological polar surface area (TPSA) is 69.7 Å². The van der Waals surface area contributed by atoms with Crippen LogP contribution in [0.4, 0.5) is 0 Å². The first-order valence-corrected chi connectivity index (χ1v) is 6.56. The Labute approximate surface area is 123 Å². The molecular weight excluding hydrogens is 272 g/mol. The lowest BCUT2D eigenvalue weighted by Crippen LogP contribution is -2.14. The molecular formula is C16H18O5. The van der Waals surface area contributed by atoms with Crippen molar-refractivity contribution in [2.45, 2.75) is 20.8 Å². The zero-order chi connectivity index (χ0) is 15.8. The average Bonchev–Trinajstić information content (AvgIpc) is 2.43. The summed E-state index contributed by atoms with van der Waals surface area (Å²) in [5.74, 6) is -0.473. The van der Waals surface area contributed by atoms with E-state index in [4.69, 9.17) is 9.47 Å². The molecule has 1 aromatic carbocycles. The van der Waals surface area contributed by atoms with Gasteiger partial charge in [0.2, 0.25) is 0 Å². The number of carbonyl (C=O) groups excluding carboxylic acids is 3. The Morgan fingerprint density at radius 3 is 2.10 bits per heavy atom. The molecule has 5 nitrogen and oxygen atoms in total. The Kier molecular flexibility index (Phi) is 6.33. The summed E-state index contributed by atoms with van der Waals surface area (Å²) < 4.78 is 9.99. The fourth-order valence-electron chi connectivity index (χ4n) is 1.62. The fourth-order valence-corrected chi connectivity index (χ4v) is 1.62. The minimum absolute atomic E-state index is 0.148. The molecule has 0 amide bonds. The summed E-state index contributed by atoms with van der Waals surface area (Å²) in [5, 5.41) is 0. The number of hydrogen-bond donors (Lipinski definition) is 0. The molecule has 21 heavy (non-hydrogen) atoms. The van der Waals surface area contributed by atoms with Crippen LogP contribution in [-0.4, -0.2) is 30.7 Å². The minimum Gasteiger partial charge on any atom is -0.482 e. The molecule has 0 bridgehead atoms. The van der Waals surface area contributed by atoms with Crippen molar-refractivity contribution in [3.8, 4) is 5.75 Å². The fraction of sp³-hybridized carbons (Fsp3) is 0.312. The molecule has 0 saturated carbocycles. The summed E-state index contributed by atoms with van der Waals surface area (Å²) in [6, 6.07) is 6.71. The van der Waals surface area contributed by atoms with Gasteiger partial charge in [-0.25, -0.2) is 4.79 Å². The lowest BCUT2D eigenvalue weighted by molar-refractivity contribution is -0.145. The van der Waals surface area contributed by atoms with Crippen LogP contribution in [0.3, 0.4) is 0 Å². The number of allylic oxidation sites excluding steroid dienone is 1. The van der Waals surface area contributed by atoms with E-state index in [1.165, 1.54) is 19.9 Å². The number of Topliss-reactive ketones (excluding diaryl/α,β-unsaturated/α-hetero) is 2. The van der Waals surface area contributed by atoms with Crippen LogP contribution in [-0.2, 0) is 19.1 Å². The number of ketones is 2. The molecule has 0 heterocycles. The highest BCUT2D eigenvalue weighted by Crippen LogP contribution is 2.15. The number of ether oxygens (including phenoxy) is 2. The molecule has 0 aromatic heterocycles. The highest BCUT2D eigenvalue weighted by atomic mass is 16.6. The zero-order valence-electron chi connectivity index (χ0n) is 12.3. The van der Waals surface area contributed by atoms with Crippen molar-refractivity contribution in [2.24, 2.45) is 0 Å². The van der Waals surface area contributed by atoms with Gasteiger partial charge in [-0.3, -0.25) is 9.59 Å². The zero-order valence-corrected chi connectivity index (χ0v) is 12.3. The van der Waals surface area contributed by atoms with E-state index in [9.17, 15) is 14.4 Å². The van der Waals surface area contributed by atoms with Gasteiger partial charge < -0.3 is 9.47 Å². The number of carbonyl (C=O) groups is 3. The SMILES string of the molecule is CCOC(=O)COc1ccc(C=C(C(C)=O)C(C)=O)cc1. The standard InChI is InChI=1S/C16H18O5/c1-4-20-16(19)10-21-14-7-5-13(6-8-14)9-15(11(2)17)12(3)18/h5-9H,4,10H2,1-3H3. The monoisotopic (exact) mass is 290 g/mol. The molecule has 0 unspecified atom stereocenters. The second-order valence-electron chi connectivity index (χ2n) is 4.33. The predicted molar refractivity (Wildman–Crippen MR) is 77.9 cm³/mol. The van der Waals surface area contributed by atoms with Gasteiger partial charge in [0.1, 0.15) is 5.75 Å². The van der Waals surface area contributed by atoms with E-state index in [-0.39, 0.29) is 23.7 Å². The highest BCUT2D eigenvalue weighted by molar-refractivity contribution is 6.21. The van der Waals surface area contributed by atoms with Gasteiger partial charge >= 0.3 is 5.97 Å². The minimum atomic E-state index is -0.433. The lowest BCUT2D eigenvalue weighted by Gasteiger charge is -2.06. The quantitative estimate of drug-likeness (QED) is 0.333. The molecule has 5 heteroatoms. The van der Waals surface area contributed by atoms with E-state index in [1.807, 2.05) is 0 Å². The van der Waals surface area contributed by atoms with Crippen LogP contribution < -0.4 is 4.74 Å². The molecule has 0 atom stereocenters. The van der Waals surface area contributed by atoms with Crippen molar-refractivity contribution >= 4 is 23.6 Å². The molecule has 0 aliphatic heterocycles. The van der Waals surface area contributed by atoms with Crippen LogP contribution in [0.1, 0.15) is 26.3 Å². The molecule has 0 fully saturated rings. The number of hydrogen-bond acceptors (Lipinski definition) is 5. The van der Waals surface area contributed by atoms with Gasteiger partial charge in [-0.1, -0.05) is 12.1 Å². The first kappa shape index (κ1) is 16.6. The van der Waals surface area contributed by atoms with E-state index >= 15 is 0 Å². The number of rotatable bonds is 7. The Balaban J connectivity index is 2.74. The largest absolute Gasteiger partial charge is 0.482 e. The average molecular weight is 290 g/mol. The van der Waals surface area contributed by atoms with Gasteiger partial charge in [0.15, 0.2) is 18.2 Å². The Bertz CT molecular complexity index is 539. The van der Waals surface area contributed by atoms with E-state index < -0.39 is 5.97 Å². The molecule has 0 spiro atoms. The summed E-state index contributed by atoms with van der Waals surface area (Å²) in [6.45, 7) is 4.58. The maximum absolute atomic E-state index is 11.3. The summed E-state index contributed by atoms with van der Waals surface area (Å²) in [6.07, 6.45) is 1.53. The van der Waals surface area contributed by atoms with Crippen LogP contribution in [0.25, 0.3) is 6.08 Å². The molecule has 0 radical (unpaired) electrons. The van der Waals surface area contributed by atoms with Crippen LogP contribution in [0, 0.1) is 0 Å². The van der Waals surface area contributed by atoms with Crippen molar-refractivity contribution < 1.29 is 23.9 Å². The van der Waals surface area contributed by atoms with E-state index in [1.54, 1.807) is 31.2 Å². The molecule has 1 rings (SSSR count). The maximum atomic E-state index is 11.3. The van der Waals surface area contributed by atoms with Crippen molar-refractivity contribution in [3.05, 3.63) is 35.4 Å². The van der Waals surface area contributed by atoms with Gasteiger partial charge in [0.05, 0.1) is 12.2 Å². The number of benzene rings is 1. The first-order valence-electron chi connectivity index (χ1n) is 6.56. The maximum Gasteiger partial charge on any atom is 0.344 e. The Hall–Kier alpha value is -2.43. The van der Waals surface area contributed by atoms with Crippen molar-refractivity contribution in [1.82, 2.24) is 0 Å². The Morgan fingerprint density at radius 1 is 1.05 bits per heavy atom. The second-order valence-corrected chi connectivity index (χ2v) is 4.33. The third-order valence-corrected chi connectivity index (χ3v) is 2.61. The molecule has 0 aliphatic carbocycles. The van der Waals surface area contributed by atoms with E-state index in [2.05, 4.69) is 0 Å². The van der Waals surface area contributed by atoms with Crippen LogP contribution >= 0.6 is 0 Å². The first-order chi connectivity index (χ1) is 9.93. The molecule has 0 saturated heterocycles. The second kappa shape index (κ2) is 7.99. The molecule has 0 aliphatic rings. The summed E-state index contributed by atoms with van der Waals surface area (Å²) in [4.78, 5) is 33.8. The van der Waals surface area contributed by atoms with Crippen molar-refractivity contribution in [1.29, 1.82) is 0 Å². The van der Waals surface area contributed by atoms with Gasteiger partial charge in [0, 0.05) is 0 Å². The molecule has 0 N–H and O–H groups in total. The normalized spacial score (nSPS) is 9.67. The lowest BCUT2D eigenvalue weighted by atomic mass is 10.0. The van der Waals surface area contributed by atoms with E-state index in [0.717, 1.165) is 0 Å². The third-order valence-electron chi connectivity index (χ3n) is 2.61. The third kappa shape index (κ3) is 5.60. The summed E-state index contributed by atoms with van der Waals surface area (Å²) >= 11 is 0. The molecule has 1 aromatic rings. The number of esters is 1. The van der Waals surface area contributed by atoms with Gasteiger partial charge in [-0.2, -0.15) is 0 Å². The van der Waals surface area contributed by atoms with Crippen LogP contribution in [0.15, 0.2) is 29.8 Å². The van der Waals surface area contributed by atoms with Crippen molar-refractivity contribution in [2.75, 3.05) is 13.2 Å². The molecule has 112 valence electrons. The smallest absolute Gasteiger partial charge is 0.344 e. The van der Waals surface area contributed by atoms with Gasteiger partial charge in [0.25, 0.3) is 0 Å². The summed E-state index contributed by atoms with van der Waals surface area (Å²) in [7, 11) is 0. The Morgan fingerprint density at radius 2 is 1.62 bits per heavy atom. The van der Waals surface area contributed by atoms with E-state index in [0.29, 0.717) is 17.9 Å². The van der Waals surface area contributed by atoms with Gasteiger partial charge in [-0.15, -0.1) is 0 Å². The van der Waals surface area contributed by atoms with Gasteiger partial charge in [-0.05, 0) is 44.5 Å². The van der Waals surface area contributed by atoms with Crippen LogP contribution in [0.2, 0.25) is 0 Å².